The van der Waals surface area contributed by atoms with Crippen molar-refractivity contribution in [2.45, 2.75) is 136 Å². The summed E-state index contributed by atoms with van der Waals surface area (Å²) in [5, 5.41) is 7.60. The Bertz CT molecular complexity index is 312. The van der Waals surface area contributed by atoms with Crippen LogP contribution >= 0.6 is 7.92 Å². The van der Waals surface area contributed by atoms with Crippen LogP contribution in [0.3, 0.4) is 0 Å². The fraction of sp³-hybridized carbons (Fsp3) is 0.889. The maximum Gasteiger partial charge on any atom is 0.327 e. The first-order chi connectivity index (χ1) is 14.6. The molecule has 0 aromatic heterocycles. The average Bonchev–Trinajstić information content (AvgIpc) is 2.75. The summed E-state index contributed by atoms with van der Waals surface area (Å²) in [4.78, 5) is 9.25. The number of rotatable bonds is 22. The van der Waals surface area contributed by atoms with Gasteiger partial charge in [-0.2, -0.15) is 0 Å². The second-order valence-electron chi connectivity index (χ2n) is 8.69. The third kappa shape index (κ3) is 35.2. The first-order valence-electron chi connectivity index (χ1n) is 13.2. The number of carboxylic acid groups (broad SMARTS) is 1. The summed E-state index contributed by atoms with van der Waals surface area (Å²) in [6.07, 6.45) is 32.1. The zero-order valence-electron chi connectivity index (χ0n) is 21.4. The Labute approximate surface area is 214 Å². The Balaban J connectivity index is -0.00000116. The molecule has 0 aromatic rings. The van der Waals surface area contributed by atoms with Gasteiger partial charge in [0.15, 0.2) is 0 Å². The monoisotopic (exact) mass is 562 g/mol. The predicted molar refractivity (Wildman–Crippen MR) is 145 cm³/mol. The number of carboxylic acids is 1. The first-order valence-corrected chi connectivity index (χ1v) is 15.1. The Morgan fingerprint density at radius 1 is 0.613 bits per heavy atom. The standard InChI is InChI=1S/C24H51P.C3H4O2.Sn/c1-4-7-10-13-16-19-22-25(23-20-17-14-11-8-5-2)24-21-18-15-12-9-6-3;1-2-3(4)5;/h4-24H2,1-3H3;2H,1H2,(H,4,5);. The minimum atomic E-state index is -0.981. The third-order valence-corrected chi connectivity index (χ3v) is 8.50. The van der Waals surface area contributed by atoms with Crippen LogP contribution in [0.2, 0.25) is 0 Å². The van der Waals surface area contributed by atoms with Gasteiger partial charge in [-0.1, -0.05) is 124 Å². The molecule has 0 aromatic carbocycles. The normalized spacial score (nSPS) is 10.3. The third-order valence-electron chi connectivity index (χ3n) is 5.66. The topological polar surface area (TPSA) is 37.3 Å². The van der Waals surface area contributed by atoms with Crippen molar-refractivity contribution in [2.75, 3.05) is 18.5 Å². The van der Waals surface area contributed by atoms with E-state index in [4.69, 9.17) is 5.11 Å². The molecule has 4 radical (unpaired) electrons. The zero-order valence-corrected chi connectivity index (χ0v) is 25.2. The smallest absolute Gasteiger partial charge is 0.327 e. The molecule has 0 amide bonds. The molecule has 0 aliphatic carbocycles. The van der Waals surface area contributed by atoms with Crippen molar-refractivity contribution in [3.8, 4) is 0 Å². The van der Waals surface area contributed by atoms with E-state index in [1.54, 1.807) is 18.5 Å². The molecule has 2 nitrogen and oxygen atoms in total. The summed E-state index contributed by atoms with van der Waals surface area (Å²) in [6, 6.07) is 0. The molecule has 0 heterocycles. The molecule has 0 bridgehead atoms. The second kappa shape index (κ2) is 32.6. The van der Waals surface area contributed by atoms with Gasteiger partial charge in [-0.3, -0.25) is 0 Å². The van der Waals surface area contributed by atoms with E-state index in [1.165, 1.54) is 116 Å². The van der Waals surface area contributed by atoms with Crippen LogP contribution in [0.15, 0.2) is 12.7 Å². The zero-order chi connectivity index (χ0) is 22.7. The molecular formula is C27H55O2PSn. The summed E-state index contributed by atoms with van der Waals surface area (Å²) in [5.74, 6) is -0.981. The minimum Gasteiger partial charge on any atom is -0.478 e. The summed E-state index contributed by atoms with van der Waals surface area (Å²) in [5.41, 5.74) is 0. The van der Waals surface area contributed by atoms with Gasteiger partial charge in [0, 0.05) is 30.0 Å². The van der Waals surface area contributed by atoms with Crippen molar-refractivity contribution in [3.05, 3.63) is 12.7 Å². The predicted octanol–water partition coefficient (Wildman–Crippen LogP) is 9.43. The van der Waals surface area contributed by atoms with E-state index in [0.717, 1.165) is 6.08 Å². The van der Waals surface area contributed by atoms with Crippen LogP contribution in [0.4, 0.5) is 0 Å². The van der Waals surface area contributed by atoms with Gasteiger partial charge < -0.3 is 5.11 Å². The van der Waals surface area contributed by atoms with Crippen molar-refractivity contribution in [3.63, 3.8) is 0 Å². The van der Waals surface area contributed by atoms with Gasteiger partial charge in [-0.25, -0.2) is 4.79 Å². The van der Waals surface area contributed by atoms with Gasteiger partial charge in [-0.15, -0.1) is 7.92 Å². The molecule has 0 rings (SSSR count). The molecule has 0 aliphatic heterocycles. The van der Waals surface area contributed by atoms with E-state index in [0.29, 0.717) is 7.92 Å². The maximum atomic E-state index is 9.25. The van der Waals surface area contributed by atoms with Crippen molar-refractivity contribution >= 4 is 37.8 Å². The average molecular weight is 561 g/mol. The maximum absolute atomic E-state index is 9.25. The van der Waals surface area contributed by atoms with Crippen molar-refractivity contribution in [1.29, 1.82) is 0 Å². The van der Waals surface area contributed by atoms with E-state index in [1.807, 2.05) is 0 Å². The van der Waals surface area contributed by atoms with Crippen molar-refractivity contribution in [2.24, 2.45) is 0 Å². The quantitative estimate of drug-likeness (QED) is 0.0619. The molecule has 184 valence electrons. The van der Waals surface area contributed by atoms with Gasteiger partial charge in [0.05, 0.1) is 0 Å². The molecule has 0 saturated carbocycles. The number of unbranched alkanes of at least 4 members (excludes halogenated alkanes) is 15. The van der Waals surface area contributed by atoms with Crippen molar-refractivity contribution in [1.82, 2.24) is 0 Å². The molecule has 1 N–H and O–H groups in total. The van der Waals surface area contributed by atoms with Crippen LogP contribution in [0, 0.1) is 0 Å². The number of carbonyl (C=O) groups is 1. The van der Waals surface area contributed by atoms with Crippen LogP contribution in [-0.2, 0) is 4.79 Å². The van der Waals surface area contributed by atoms with Gasteiger partial charge in [0.2, 0.25) is 0 Å². The summed E-state index contributed by atoms with van der Waals surface area (Å²) >= 11 is 0. The summed E-state index contributed by atoms with van der Waals surface area (Å²) in [6.45, 7) is 9.92. The fourth-order valence-electron chi connectivity index (χ4n) is 3.68. The minimum absolute atomic E-state index is 0. The summed E-state index contributed by atoms with van der Waals surface area (Å²) < 4.78 is 0. The molecule has 0 aliphatic rings. The van der Waals surface area contributed by atoms with E-state index in [2.05, 4.69) is 27.4 Å². The summed E-state index contributed by atoms with van der Waals surface area (Å²) in [7, 11) is 0.366. The van der Waals surface area contributed by atoms with Crippen LogP contribution in [0.25, 0.3) is 0 Å². The molecule has 31 heavy (non-hydrogen) atoms. The first kappa shape index (κ1) is 36.0. The van der Waals surface area contributed by atoms with E-state index in [-0.39, 0.29) is 23.9 Å². The Morgan fingerprint density at radius 2 is 0.839 bits per heavy atom. The fourth-order valence-corrected chi connectivity index (χ4v) is 6.37. The van der Waals surface area contributed by atoms with Gasteiger partial charge in [-0.05, 0) is 37.7 Å². The SMILES string of the molecule is C=CC(=O)O.CCCCCCCCP(CCCCCCCC)CCCCCCCC.[Sn]. The molecular weight excluding hydrogens is 506 g/mol. The van der Waals surface area contributed by atoms with E-state index < -0.39 is 5.97 Å². The number of aliphatic carboxylic acids is 1. The van der Waals surface area contributed by atoms with Crippen LogP contribution in [0.1, 0.15) is 136 Å². The molecule has 4 heteroatoms. The van der Waals surface area contributed by atoms with Crippen molar-refractivity contribution < 1.29 is 9.90 Å². The van der Waals surface area contributed by atoms with E-state index in [9.17, 15) is 4.79 Å². The number of hydrogen-bond donors (Lipinski definition) is 1. The van der Waals surface area contributed by atoms with Crippen LogP contribution in [0.5, 0.6) is 0 Å². The Kier molecular flexibility index (Phi) is 37.9. The molecule has 0 unspecified atom stereocenters. The molecule has 0 spiro atoms. The van der Waals surface area contributed by atoms with E-state index >= 15 is 0 Å². The van der Waals surface area contributed by atoms with Crippen LogP contribution in [-0.4, -0.2) is 53.5 Å². The Hall–Kier alpha value is 0.439. The van der Waals surface area contributed by atoms with Crippen LogP contribution < -0.4 is 0 Å². The second-order valence-corrected chi connectivity index (χ2v) is 11.4. The number of hydrogen-bond acceptors (Lipinski definition) is 1. The molecule has 0 atom stereocenters. The molecule has 0 saturated heterocycles. The molecule has 0 fully saturated rings. The van der Waals surface area contributed by atoms with Gasteiger partial charge >= 0.3 is 5.97 Å². The Morgan fingerprint density at radius 3 is 1.06 bits per heavy atom. The van der Waals surface area contributed by atoms with Gasteiger partial charge in [0.1, 0.15) is 0 Å². The largest absolute Gasteiger partial charge is 0.478 e. The van der Waals surface area contributed by atoms with Gasteiger partial charge in [0.25, 0.3) is 0 Å².